The van der Waals surface area contributed by atoms with E-state index in [0.29, 0.717) is 0 Å². The van der Waals surface area contributed by atoms with Crippen molar-refractivity contribution in [1.82, 2.24) is 0 Å². The van der Waals surface area contributed by atoms with Crippen LogP contribution in [0.4, 0.5) is 0 Å². The number of rotatable bonds is 0. The summed E-state index contributed by atoms with van der Waals surface area (Å²) in [6, 6.07) is 0. The van der Waals surface area contributed by atoms with Crippen molar-refractivity contribution in [2.75, 3.05) is 0 Å². The molecule has 0 aliphatic rings. The van der Waals surface area contributed by atoms with Crippen molar-refractivity contribution in [2.45, 2.75) is 0 Å². The molecule has 13 heavy (non-hydrogen) atoms. The molecule has 0 N–H and O–H groups in total. The molecule has 0 spiro atoms. The Hall–Kier alpha value is 4.08. The minimum absolute atomic E-state index is 0. The molecule has 0 heterocycles. The van der Waals surface area contributed by atoms with Crippen molar-refractivity contribution in [3.05, 3.63) is 24.6 Å². The van der Waals surface area contributed by atoms with Crippen LogP contribution in [0.15, 0.2) is 0 Å². The topological polar surface area (TPSA) is 122 Å². The van der Waals surface area contributed by atoms with Crippen molar-refractivity contribution in [2.24, 2.45) is 0 Å². The van der Waals surface area contributed by atoms with Gasteiger partial charge in [-0.1, -0.05) is 0 Å². The maximum Gasteiger partial charge on any atom is 4.00 e. The van der Waals surface area contributed by atoms with Gasteiger partial charge in [0.05, 0.1) is 0 Å². The molecule has 0 aromatic rings. The summed E-state index contributed by atoms with van der Waals surface area (Å²) in [5, 5.41) is 0. The van der Waals surface area contributed by atoms with Crippen molar-refractivity contribution in [3.63, 3.8) is 0 Å². The number of nitrogens with zero attached hydrogens (tertiary/aromatic N) is 4. The smallest absolute Gasteiger partial charge is 3.00 e. The molecule has 0 fully saturated rings. The van der Waals surface area contributed by atoms with E-state index in [1.165, 1.54) is 0 Å². The zero-order valence-electron chi connectivity index (χ0n) is 5.24. The van der Waals surface area contributed by atoms with Crippen LogP contribution in [0, 0.1) is 0 Å². The van der Waals surface area contributed by atoms with E-state index in [9.17, 15) is 0 Å². The van der Waals surface area contributed by atoms with E-state index >= 15 is 0 Å². The van der Waals surface area contributed by atoms with Crippen LogP contribution in [0.25, 0.3) is 24.6 Å². The van der Waals surface area contributed by atoms with Crippen LogP contribution in [0.5, 0.6) is 0 Å². The second-order valence-electron chi connectivity index (χ2n) is 0. The molecule has 0 unspecified atom stereocenters. The fraction of sp³-hybridized carbons (Fsp3) is 0. The molecule has 0 bridgehead atoms. The Balaban J connectivity index is 0. The molecule has 0 aromatic heterocycles. The van der Waals surface area contributed by atoms with Crippen LogP contribution in [0.2, 0.25) is 0 Å². The first kappa shape index (κ1) is 266. The first-order chi connectivity index (χ1) is 0. The fourth-order valence-electron chi connectivity index (χ4n) is 0. The van der Waals surface area contributed by atoms with E-state index in [-0.39, 0.29) is 171 Å². The summed E-state index contributed by atoms with van der Waals surface area (Å²) in [7, 11) is 0. The molecule has 13 heteroatoms. The van der Waals surface area contributed by atoms with Gasteiger partial charge in [0.25, 0.3) is 0 Å². The van der Waals surface area contributed by atoms with E-state index in [4.69, 9.17) is 0 Å². The Bertz CT molecular complexity index is 25.8. The molecule has 4 nitrogen and oxygen atoms in total. The van der Waals surface area contributed by atoms with Crippen molar-refractivity contribution < 1.29 is 114 Å². The Morgan fingerprint density at radius 2 is 0.308 bits per heavy atom. The summed E-state index contributed by atoms with van der Waals surface area (Å²) in [5.74, 6) is 0. The van der Waals surface area contributed by atoms with Crippen molar-refractivity contribution in [3.8, 4) is 0 Å². The standard InChI is InChI=1S/3Co.4N.3Pt.3Si/q;;;4*-3;3*+4;;;. The van der Waals surface area contributed by atoms with Crippen LogP contribution in [-0.4, -0.2) is 32.9 Å². The van der Waals surface area contributed by atoms with Crippen LogP contribution >= 0.6 is 0 Å². The second kappa shape index (κ2) is 220. The predicted octanol–water partition coefficient (Wildman–Crippen LogP) is -0.00260. The molecule has 89 valence electrons. The van der Waals surface area contributed by atoms with E-state index in [1.807, 2.05) is 0 Å². The second-order valence-corrected chi connectivity index (χ2v) is 0. The summed E-state index contributed by atoms with van der Waals surface area (Å²) in [4.78, 5) is 0. The molecule has 0 rings (SSSR count). The molecule has 0 atom stereocenters. The molecule has 0 saturated heterocycles. The van der Waals surface area contributed by atoms with Gasteiger partial charge in [-0.2, -0.15) is 0 Å². The van der Waals surface area contributed by atoms with Gasteiger partial charge >= 0.3 is 63.2 Å². The van der Waals surface area contributed by atoms with Gasteiger partial charge < -0.3 is 24.6 Å². The Morgan fingerprint density at radius 3 is 0.308 bits per heavy atom. The van der Waals surface area contributed by atoms with Crippen molar-refractivity contribution >= 4 is 32.9 Å². The van der Waals surface area contributed by atoms with E-state index in [1.54, 1.807) is 0 Å². The summed E-state index contributed by atoms with van der Waals surface area (Å²) in [6.45, 7) is 0. The minimum Gasteiger partial charge on any atom is -3.00 e. The average Bonchev–Trinajstić information content (AvgIpc) is 0. The van der Waals surface area contributed by atoms with Crippen LogP contribution in [0.3, 0.4) is 0 Å². The predicted molar refractivity (Wildman–Crippen MR) is 30.7 cm³/mol. The number of hydrogen-bond donors (Lipinski definition) is 0. The zero-order chi connectivity index (χ0) is 0. The average molecular weight is 902 g/mol. The Labute approximate surface area is 168 Å². The van der Waals surface area contributed by atoms with Gasteiger partial charge in [-0.15, -0.1) is 0 Å². The van der Waals surface area contributed by atoms with Gasteiger partial charge in [0.2, 0.25) is 0 Å². The van der Waals surface area contributed by atoms with Crippen LogP contribution < -0.4 is 0 Å². The first-order valence-corrected chi connectivity index (χ1v) is 0. The normalized spacial score (nSPS) is 0. The summed E-state index contributed by atoms with van der Waals surface area (Å²) in [6.07, 6.45) is 0. The summed E-state index contributed by atoms with van der Waals surface area (Å²) in [5.41, 5.74) is 0. The monoisotopic (exact) mass is 902 g/mol. The summed E-state index contributed by atoms with van der Waals surface area (Å²) >= 11 is 0. The van der Waals surface area contributed by atoms with Crippen LogP contribution in [-0.2, 0) is 114 Å². The van der Waals surface area contributed by atoms with Gasteiger partial charge in [0.15, 0.2) is 0 Å². The molecule has 0 aliphatic heterocycles. The SMILES string of the molecule is [Co].[Co].[Co].[N-3].[N-3].[N-3].[N-3].[Pt+4].[Pt+4].[Pt+4].[Si].[Si].[Si]. The third-order valence-corrected chi connectivity index (χ3v) is 0. The van der Waals surface area contributed by atoms with Crippen molar-refractivity contribution in [1.29, 1.82) is 0 Å². The molecule has 0 saturated carbocycles. The van der Waals surface area contributed by atoms with E-state index < -0.39 is 0 Å². The molecule has 15 radical (unpaired) electrons. The van der Waals surface area contributed by atoms with Gasteiger partial charge in [-0.25, -0.2) is 0 Å². The van der Waals surface area contributed by atoms with Gasteiger partial charge in [-0.3, -0.25) is 0 Å². The maximum absolute atomic E-state index is 0. The molecule has 0 amide bonds. The minimum atomic E-state index is 0. The van der Waals surface area contributed by atoms with Gasteiger partial charge in [0, 0.05) is 83.2 Å². The molecule has 0 aromatic carbocycles. The first-order valence-electron chi connectivity index (χ1n) is 0. The van der Waals surface area contributed by atoms with E-state index in [0.717, 1.165) is 0 Å². The third-order valence-electron chi connectivity index (χ3n) is 0. The quantitative estimate of drug-likeness (QED) is 0.305. The summed E-state index contributed by atoms with van der Waals surface area (Å²) < 4.78 is 0. The van der Waals surface area contributed by atoms with Gasteiger partial charge in [-0.05, 0) is 0 Å². The number of hydrogen-bond acceptors (Lipinski definition) is 0. The third kappa shape index (κ3) is 192. The largest absolute Gasteiger partial charge is 4.00 e. The Kier molecular flexibility index (Phi) is 4500. The fourth-order valence-corrected chi connectivity index (χ4v) is 0. The maximum atomic E-state index is 0. The molecular weight excluding hydrogens is 902 g/mol. The molecular formula is Co3N4Pt3Si3. The zero-order valence-corrected chi connectivity index (χ0v) is 18.2. The Morgan fingerprint density at radius 1 is 0.308 bits per heavy atom. The van der Waals surface area contributed by atoms with Gasteiger partial charge in [0.1, 0.15) is 0 Å². The van der Waals surface area contributed by atoms with E-state index in [2.05, 4.69) is 0 Å². The molecule has 0 aliphatic carbocycles. The van der Waals surface area contributed by atoms with Crippen LogP contribution in [0.1, 0.15) is 0 Å².